The maximum atomic E-state index is 12.8. The van der Waals surface area contributed by atoms with E-state index in [4.69, 9.17) is 5.53 Å². The summed E-state index contributed by atoms with van der Waals surface area (Å²) in [6, 6.07) is 0. The molecule has 5 nitrogen and oxygen atoms in total. The largest absolute Gasteiger partial charge is 0.340 e. The molecular formula is C7H11FN4O. The molecule has 0 radical (unpaired) electrons. The highest BCUT2D eigenvalue weighted by molar-refractivity contribution is 5.78. The Morgan fingerprint density at radius 2 is 2.54 bits per heavy atom. The molecule has 1 aliphatic rings. The number of alkyl halides is 1. The Balaban J connectivity index is 2.41. The van der Waals surface area contributed by atoms with Crippen LogP contribution < -0.4 is 0 Å². The third-order valence-electron chi connectivity index (χ3n) is 1.99. The van der Waals surface area contributed by atoms with E-state index in [9.17, 15) is 9.18 Å². The molecule has 0 saturated carbocycles. The smallest absolute Gasteiger partial charge is 0.228 e. The first-order valence-electron chi connectivity index (χ1n) is 4.16. The zero-order chi connectivity index (χ0) is 9.68. The van der Waals surface area contributed by atoms with E-state index in [0.29, 0.717) is 19.4 Å². The number of rotatable bonds is 2. The molecule has 13 heavy (non-hydrogen) atoms. The van der Waals surface area contributed by atoms with Crippen molar-refractivity contribution in [3.8, 4) is 0 Å². The average molecular weight is 186 g/mol. The Bertz CT molecular complexity index is 239. The molecule has 72 valence electrons. The summed E-state index contributed by atoms with van der Waals surface area (Å²) in [7, 11) is 0. The first-order valence-corrected chi connectivity index (χ1v) is 4.16. The number of hydrogen-bond acceptors (Lipinski definition) is 2. The van der Waals surface area contributed by atoms with Crippen LogP contribution in [0.5, 0.6) is 0 Å². The first-order chi connectivity index (χ1) is 6.24. The van der Waals surface area contributed by atoms with Gasteiger partial charge in [-0.15, -0.1) is 0 Å². The highest BCUT2D eigenvalue weighted by atomic mass is 19.1. The fraction of sp³-hybridized carbons (Fsp3) is 0.857. The zero-order valence-corrected chi connectivity index (χ0v) is 7.19. The first kappa shape index (κ1) is 9.80. The van der Waals surface area contributed by atoms with Crippen molar-refractivity contribution in [2.24, 2.45) is 5.11 Å². The Morgan fingerprint density at radius 1 is 1.77 bits per heavy atom. The van der Waals surface area contributed by atoms with Crippen LogP contribution in [0.2, 0.25) is 0 Å². The number of hydrogen-bond donors (Lipinski definition) is 0. The van der Waals surface area contributed by atoms with Gasteiger partial charge in [0.25, 0.3) is 0 Å². The maximum absolute atomic E-state index is 12.8. The maximum Gasteiger partial charge on any atom is 0.228 e. The summed E-state index contributed by atoms with van der Waals surface area (Å²) in [6.45, 7) is 0.503. The minimum Gasteiger partial charge on any atom is -0.340 e. The van der Waals surface area contributed by atoms with E-state index < -0.39 is 6.17 Å². The molecule has 1 fully saturated rings. The SMILES string of the molecule is [N-]=[N+]=NCC(=O)N1CCCC(F)C1. The van der Waals surface area contributed by atoms with Crippen molar-refractivity contribution in [1.29, 1.82) is 0 Å². The lowest BCUT2D eigenvalue weighted by Crippen LogP contribution is -2.41. The number of carbonyl (C=O) groups excluding carboxylic acids is 1. The second-order valence-corrected chi connectivity index (χ2v) is 2.97. The van der Waals surface area contributed by atoms with Gasteiger partial charge in [-0.25, -0.2) is 4.39 Å². The van der Waals surface area contributed by atoms with E-state index in [0.717, 1.165) is 0 Å². The van der Waals surface area contributed by atoms with Crippen LogP contribution in [0.4, 0.5) is 4.39 Å². The Labute approximate surface area is 75.1 Å². The molecule has 0 spiro atoms. The molecule has 1 aliphatic heterocycles. The lowest BCUT2D eigenvalue weighted by Gasteiger charge is -2.28. The normalized spacial score (nSPS) is 22.2. The van der Waals surface area contributed by atoms with Crippen LogP contribution in [-0.4, -0.2) is 36.6 Å². The molecule has 1 unspecified atom stereocenters. The highest BCUT2D eigenvalue weighted by Gasteiger charge is 2.22. The number of carbonyl (C=O) groups is 1. The fourth-order valence-electron chi connectivity index (χ4n) is 1.34. The van der Waals surface area contributed by atoms with Crippen molar-refractivity contribution in [2.75, 3.05) is 19.6 Å². The van der Waals surface area contributed by atoms with Gasteiger partial charge in [0.1, 0.15) is 12.7 Å². The van der Waals surface area contributed by atoms with Crippen LogP contribution >= 0.6 is 0 Å². The van der Waals surface area contributed by atoms with Crippen molar-refractivity contribution in [2.45, 2.75) is 19.0 Å². The third-order valence-corrected chi connectivity index (χ3v) is 1.99. The van der Waals surface area contributed by atoms with Gasteiger partial charge in [0, 0.05) is 11.5 Å². The van der Waals surface area contributed by atoms with E-state index >= 15 is 0 Å². The van der Waals surface area contributed by atoms with Crippen LogP contribution in [-0.2, 0) is 4.79 Å². The summed E-state index contributed by atoms with van der Waals surface area (Å²) in [5.74, 6) is -0.292. The summed E-state index contributed by atoms with van der Waals surface area (Å²) >= 11 is 0. The highest BCUT2D eigenvalue weighted by Crippen LogP contribution is 2.12. The molecule has 0 aromatic rings. The van der Waals surface area contributed by atoms with E-state index in [2.05, 4.69) is 10.0 Å². The standard InChI is InChI=1S/C7H11FN4O/c8-6-2-1-3-12(5-6)7(13)4-10-11-9/h6H,1-5H2. The number of nitrogens with zero attached hydrogens (tertiary/aromatic N) is 4. The fourth-order valence-corrected chi connectivity index (χ4v) is 1.34. The molecule has 0 aliphatic carbocycles. The average Bonchev–Trinajstić information content (AvgIpc) is 2.14. The zero-order valence-electron chi connectivity index (χ0n) is 7.19. The van der Waals surface area contributed by atoms with E-state index in [-0.39, 0.29) is 19.0 Å². The van der Waals surface area contributed by atoms with Crippen molar-refractivity contribution in [3.63, 3.8) is 0 Å². The molecule has 0 aromatic carbocycles. The van der Waals surface area contributed by atoms with Crippen LogP contribution in [0, 0.1) is 0 Å². The van der Waals surface area contributed by atoms with Gasteiger partial charge in [-0.1, -0.05) is 5.11 Å². The van der Waals surface area contributed by atoms with Gasteiger partial charge in [0.2, 0.25) is 5.91 Å². The van der Waals surface area contributed by atoms with Gasteiger partial charge < -0.3 is 4.90 Å². The summed E-state index contributed by atoms with van der Waals surface area (Å²) in [5.41, 5.74) is 7.98. The Morgan fingerprint density at radius 3 is 3.15 bits per heavy atom. The second-order valence-electron chi connectivity index (χ2n) is 2.97. The molecular weight excluding hydrogens is 175 g/mol. The monoisotopic (exact) mass is 186 g/mol. The summed E-state index contributed by atoms with van der Waals surface area (Å²) in [5, 5.41) is 3.14. The summed E-state index contributed by atoms with van der Waals surface area (Å²) in [4.78, 5) is 15.1. The third kappa shape index (κ3) is 2.91. The van der Waals surface area contributed by atoms with E-state index in [1.807, 2.05) is 0 Å². The predicted octanol–water partition coefficient (Wildman–Crippen LogP) is 1.26. The van der Waals surface area contributed by atoms with Gasteiger partial charge in [-0.2, -0.15) is 0 Å². The van der Waals surface area contributed by atoms with Gasteiger partial charge in [0.05, 0.1) is 6.54 Å². The summed E-state index contributed by atoms with van der Waals surface area (Å²) in [6.07, 6.45) is 0.276. The molecule has 1 atom stereocenters. The quantitative estimate of drug-likeness (QED) is 0.363. The van der Waals surface area contributed by atoms with Crippen LogP contribution in [0.3, 0.4) is 0 Å². The van der Waals surface area contributed by atoms with Crippen LogP contribution in [0.25, 0.3) is 10.4 Å². The molecule has 0 N–H and O–H groups in total. The molecule has 0 bridgehead atoms. The Hall–Kier alpha value is -1.29. The van der Waals surface area contributed by atoms with Crippen LogP contribution in [0.1, 0.15) is 12.8 Å². The van der Waals surface area contributed by atoms with Crippen molar-refractivity contribution >= 4 is 5.91 Å². The Kier molecular flexibility index (Phi) is 3.52. The summed E-state index contributed by atoms with van der Waals surface area (Å²) < 4.78 is 12.8. The van der Waals surface area contributed by atoms with Gasteiger partial charge in [-0.05, 0) is 18.4 Å². The number of piperidine rings is 1. The molecule has 1 heterocycles. The van der Waals surface area contributed by atoms with Crippen molar-refractivity contribution in [3.05, 3.63) is 10.4 Å². The molecule has 1 saturated heterocycles. The lowest BCUT2D eigenvalue weighted by atomic mass is 10.1. The number of likely N-dealkylation sites (tertiary alicyclic amines) is 1. The second kappa shape index (κ2) is 4.67. The molecule has 1 amide bonds. The predicted molar refractivity (Wildman–Crippen MR) is 44.7 cm³/mol. The number of amides is 1. The topological polar surface area (TPSA) is 69.1 Å². The lowest BCUT2D eigenvalue weighted by molar-refractivity contribution is -0.131. The van der Waals surface area contributed by atoms with E-state index in [1.54, 1.807) is 0 Å². The molecule has 6 heteroatoms. The van der Waals surface area contributed by atoms with Gasteiger partial charge >= 0.3 is 0 Å². The van der Waals surface area contributed by atoms with Gasteiger partial charge in [0.15, 0.2) is 0 Å². The van der Waals surface area contributed by atoms with Crippen LogP contribution in [0.15, 0.2) is 5.11 Å². The van der Waals surface area contributed by atoms with Gasteiger partial charge in [-0.3, -0.25) is 4.79 Å². The minimum absolute atomic E-state index is 0.139. The number of azide groups is 1. The van der Waals surface area contributed by atoms with Crippen molar-refractivity contribution in [1.82, 2.24) is 4.90 Å². The van der Waals surface area contributed by atoms with Crippen molar-refractivity contribution < 1.29 is 9.18 Å². The van der Waals surface area contributed by atoms with E-state index in [1.165, 1.54) is 4.90 Å². The number of halogens is 1. The molecule has 1 rings (SSSR count). The minimum atomic E-state index is -0.927. The molecule has 0 aromatic heterocycles.